The molecule has 0 saturated carbocycles. The van der Waals surface area contributed by atoms with Gasteiger partial charge in [-0.15, -0.1) is 0 Å². The average molecular weight is 252 g/mol. The average Bonchev–Trinajstić information content (AvgIpc) is 2.42. The van der Waals surface area contributed by atoms with Crippen LogP contribution in [0.2, 0.25) is 0 Å². The fourth-order valence-electron chi connectivity index (χ4n) is 1.32. The smallest absolute Gasteiger partial charge is 0.493 e. The molecule has 0 aliphatic rings. The Kier molecular flexibility index (Phi) is 5.57. The summed E-state index contributed by atoms with van der Waals surface area (Å²) in [7, 11) is 4.42. The lowest BCUT2D eigenvalue weighted by atomic mass is 10.2. The molecule has 0 amide bonds. The summed E-state index contributed by atoms with van der Waals surface area (Å²) in [6.07, 6.45) is 2.82. The molecule has 0 radical (unpaired) electrons. The first-order valence-electron chi connectivity index (χ1n) is 5.30. The highest BCUT2D eigenvalue weighted by Gasteiger charge is 2.02. The Morgan fingerprint density at radius 1 is 1.17 bits per heavy atom. The van der Waals surface area contributed by atoms with E-state index in [1.807, 2.05) is 18.2 Å². The van der Waals surface area contributed by atoms with Crippen molar-refractivity contribution in [2.45, 2.75) is 0 Å². The predicted octanol–water partition coefficient (Wildman–Crippen LogP) is 2.50. The van der Waals surface area contributed by atoms with Crippen molar-refractivity contribution < 1.29 is 23.7 Å². The van der Waals surface area contributed by atoms with Crippen LogP contribution in [0.4, 0.5) is 4.79 Å². The Bertz CT molecular complexity index is 425. The third kappa shape index (κ3) is 4.01. The van der Waals surface area contributed by atoms with Crippen LogP contribution in [0.3, 0.4) is 0 Å². The van der Waals surface area contributed by atoms with Gasteiger partial charge in [-0.3, -0.25) is 0 Å². The Morgan fingerprint density at radius 2 is 1.89 bits per heavy atom. The van der Waals surface area contributed by atoms with Gasteiger partial charge in [0.05, 0.1) is 21.3 Å². The minimum Gasteiger partial charge on any atom is -0.493 e. The molecule has 18 heavy (non-hydrogen) atoms. The SMILES string of the molecule is COC(=O)OC/C=C/c1ccc(OC)c(OC)c1. The second-order valence-electron chi connectivity index (χ2n) is 3.28. The zero-order valence-corrected chi connectivity index (χ0v) is 10.6. The molecule has 0 heterocycles. The van der Waals surface area contributed by atoms with Crippen molar-refractivity contribution in [1.29, 1.82) is 0 Å². The summed E-state index contributed by atoms with van der Waals surface area (Å²) in [6, 6.07) is 5.50. The van der Waals surface area contributed by atoms with Crippen LogP contribution in [0.1, 0.15) is 5.56 Å². The van der Waals surface area contributed by atoms with Crippen LogP contribution in [0.15, 0.2) is 24.3 Å². The monoisotopic (exact) mass is 252 g/mol. The van der Waals surface area contributed by atoms with Crippen LogP contribution in [-0.2, 0) is 9.47 Å². The number of ether oxygens (including phenoxy) is 4. The lowest BCUT2D eigenvalue weighted by Crippen LogP contribution is -2.03. The van der Waals surface area contributed by atoms with Crippen LogP contribution in [0.5, 0.6) is 11.5 Å². The molecular formula is C13H16O5. The molecule has 98 valence electrons. The summed E-state index contributed by atoms with van der Waals surface area (Å²) < 4.78 is 19.4. The number of rotatable bonds is 5. The van der Waals surface area contributed by atoms with Gasteiger partial charge in [-0.1, -0.05) is 12.1 Å². The van der Waals surface area contributed by atoms with Gasteiger partial charge in [-0.05, 0) is 23.8 Å². The Hall–Kier alpha value is -2.17. The van der Waals surface area contributed by atoms with E-state index in [1.165, 1.54) is 7.11 Å². The van der Waals surface area contributed by atoms with Crippen LogP contribution < -0.4 is 9.47 Å². The molecule has 0 bridgehead atoms. The standard InChI is InChI=1S/C13H16O5/c1-15-11-7-6-10(9-12(11)16-2)5-4-8-18-13(14)17-3/h4-7,9H,8H2,1-3H3/b5-4+. The quantitative estimate of drug-likeness (QED) is 0.753. The molecule has 5 nitrogen and oxygen atoms in total. The van der Waals surface area contributed by atoms with Gasteiger partial charge in [0.2, 0.25) is 0 Å². The molecule has 0 aliphatic heterocycles. The molecule has 0 aliphatic carbocycles. The van der Waals surface area contributed by atoms with Gasteiger partial charge in [0, 0.05) is 0 Å². The molecule has 0 aromatic heterocycles. The maximum atomic E-state index is 10.7. The fraction of sp³-hybridized carbons (Fsp3) is 0.308. The molecule has 0 spiro atoms. The Balaban J connectivity index is 2.62. The van der Waals surface area contributed by atoms with E-state index < -0.39 is 6.16 Å². The van der Waals surface area contributed by atoms with E-state index in [0.717, 1.165) is 5.56 Å². The van der Waals surface area contributed by atoms with E-state index in [9.17, 15) is 4.79 Å². The van der Waals surface area contributed by atoms with E-state index in [1.54, 1.807) is 26.4 Å². The highest BCUT2D eigenvalue weighted by Crippen LogP contribution is 2.27. The minimum atomic E-state index is -0.702. The number of carbonyl (C=O) groups is 1. The maximum Gasteiger partial charge on any atom is 0.508 e. The number of hydrogen-bond acceptors (Lipinski definition) is 5. The molecule has 1 aromatic carbocycles. The molecular weight excluding hydrogens is 236 g/mol. The number of carbonyl (C=O) groups excluding carboxylic acids is 1. The summed E-state index contributed by atoms with van der Waals surface area (Å²) in [5, 5.41) is 0. The van der Waals surface area contributed by atoms with Gasteiger partial charge in [-0.25, -0.2) is 4.79 Å². The largest absolute Gasteiger partial charge is 0.508 e. The molecule has 0 N–H and O–H groups in total. The van der Waals surface area contributed by atoms with Crippen LogP contribution in [0.25, 0.3) is 6.08 Å². The van der Waals surface area contributed by atoms with E-state index in [-0.39, 0.29) is 6.61 Å². The van der Waals surface area contributed by atoms with E-state index in [4.69, 9.17) is 14.2 Å². The van der Waals surface area contributed by atoms with E-state index in [0.29, 0.717) is 11.5 Å². The van der Waals surface area contributed by atoms with Crippen molar-refractivity contribution in [2.24, 2.45) is 0 Å². The summed E-state index contributed by atoms with van der Waals surface area (Å²) in [4.78, 5) is 10.7. The number of benzene rings is 1. The third-order valence-corrected chi connectivity index (χ3v) is 2.18. The number of hydrogen-bond donors (Lipinski definition) is 0. The van der Waals surface area contributed by atoms with Gasteiger partial charge in [0.1, 0.15) is 6.61 Å². The molecule has 0 unspecified atom stereocenters. The number of methoxy groups -OCH3 is 3. The first-order valence-corrected chi connectivity index (χ1v) is 5.30. The normalized spacial score (nSPS) is 10.2. The van der Waals surface area contributed by atoms with Gasteiger partial charge in [0.25, 0.3) is 0 Å². The first kappa shape index (κ1) is 13.9. The topological polar surface area (TPSA) is 54.0 Å². The fourth-order valence-corrected chi connectivity index (χ4v) is 1.32. The minimum absolute atomic E-state index is 0.154. The van der Waals surface area contributed by atoms with Crippen molar-refractivity contribution >= 4 is 12.2 Å². The first-order chi connectivity index (χ1) is 8.71. The highest BCUT2D eigenvalue weighted by atomic mass is 16.7. The Morgan fingerprint density at radius 3 is 2.50 bits per heavy atom. The third-order valence-electron chi connectivity index (χ3n) is 2.18. The highest BCUT2D eigenvalue weighted by molar-refractivity contribution is 5.60. The van der Waals surface area contributed by atoms with Gasteiger partial charge < -0.3 is 18.9 Å². The molecule has 1 rings (SSSR count). The lowest BCUT2D eigenvalue weighted by Gasteiger charge is -2.07. The van der Waals surface area contributed by atoms with Gasteiger partial charge in [-0.2, -0.15) is 0 Å². The molecule has 0 saturated heterocycles. The van der Waals surface area contributed by atoms with E-state index in [2.05, 4.69) is 4.74 Å². The molecule has 0 fully saturated rings. The second kappa shape index (κ2) is 7.21. The second-order valence-corrected chi connectivity index (χ2v) is 3.28. The van der Waals surface area contributed by atoms with Gasteiger partial charge >= 0.3 is 6.16 Å². The van der Waals surface area contributed by atoms with Gasteiger partial charge in [0.15, 0.2) is 11.5 Å². The van der Waals surface area contributed by atoms with Crippen molar-refractivity contribution in [3.63, 3.8) is 0 Å². The summed E-state index contributed by atoms with van der Waals surface area (Å²) in [6.45, 7) is 0.154. The van der Waals surface area contributed by atoms with Crippen molar-refractivity contribution in [3.8, 4) is 11.5 Å². The zero-order chi connectivity index (χ0) is 13.4. The summed E-state index contributed by atoms with van der Waals surface area (Å²) in [5.41, 5.74) is 0.918. The van der Waals surface area contributed by atoms with Crippen molar-refractivity contribution in [1.82, 2.24) is 0 Å². The maximum absolute atomic E-state index is 10.7. The molecule has 0 atom stereocenters. The predicted molar refractivity (Wildman–Crippen MR) is 66.9 cm³/mol. The van der Waals surface area contributed by atoms with Crippen LogP contribution >= 0.6 is 0 Å². The summed E-state index contributed by atoms with van der Waals surface area (Å²) in [5.74, 6) is 1.31. The lowest BCUT2D eigenvalue weighted by molar-refractivity contribution is 0.0819. The Labute approximate surface area is 106 Å². The molecule has 5 heteroatoms. The summed E-state index contributed by atoms with van der Waals surface area (Å²) >= 11 is 0. The molecule has 1 aromatic rings. The van der Waals surface area contributed by atoms with Crippen molar-refractivity contribution in [2.75, 3.05) is 27.9 Å². The van der Waals surface area contributed by atoms with Crippen molar-refractivity contribution in [3.05, 3.63) is 29.8 Å². The van der Waals surface area contributed by atoms with E-state index >= 15 is 0 Å². The van der Waals surface area contributed by atoms with Crippen LogP contribution in [-0.4, -0.2) is 34.1 Å². The zero-order valence-electron chi connectivity index (χ0n) is 10.6. The van der Waals surface area contributed by atoms with Crippen LogP contribution in [0, 0.1) is 0 Å².